The van der Waals surface area contributed by atoms with Crippen LogP contribution in [0.4, 0.5) is 0 Å². The topological polar surface area (TPSA) is 73.1 Å². The fraction of sp³-hybridized carbons (Fsp3) is 0.160. The number of nitrogens with zero attached hydrogens (tertiary/aromatic N) is 2. The van der Waals surface area contributed by atoms with Crippen molar-refractivity contribution in [3.8, 4) is 0 Å². The number of nitrogens with one attached hydrogen (secondary N) is 1. The van der Waals surface area contributed by atoms with E-state index in [0.29, 0.717) is 17.6 Å². The minimum Gasteiger partial charge on any atom is -0.350 e. The third kappa shape index (κ3) is 4.33. The molecule has 156 valence electrons. The van der Waals surface area contributed by atoms with E-state index >= 15 is 0 Å². The number of aryl methyl sites for hydroxylation is 1. The molecule has 1 N–H and O–H groups in total. The van der Waals surface area contributed by atoms with E-state index in [1.54, 1.807) is 18.2 Å². The second-order valence-electron chi connectivity index (χ2n) is 7.46. The highest BCUT2D eigenvalue weighted by Crippen LogP contribution is 2.12. The molecule has 4 aromatic rings. The Morgan fingerprint density at radius 3 is 2.06 bits per heavy atom. The van der Waals surface area contributed by atoms with E-state index in [0.717, 1.165) is 16.7 Å². The van der Waals surface area contributed by atoms with Gasteiger partial charge in [0.1, 0.15) is 6.54 Å². The van der Waals surface area contributed by atoms with E-state index in [9.17, 15) is 14.4 Å². The summed E-state index contributed by atoms with van der Waals surface area (Å²) < 4.78 is 2.72. The van der Waals surface area contributed by atoms with Crippen LogP contribution in [0.2, 0.25) is 0 Å². The molecule has 31 heavy (non-hydrogen) atoms. The first kappa shape index (κ1) is 20.3. The molecular weight excluding hydrogens is 390 g/mol. The molecule has 1 amide bonds. The van der Waals surface area contributed by atoms with Crippen LogP contribution in [0.1, 0.15) is 16.7 Å². The number of carbonyl (C=O) groups is 1. The summed E-state index contributed by atoms with van der Waals surface area (Å²) in [7, 11) is 0. The zero-order chi connectivity index (χ0) is 21.8. The molecule has 4 rings (SSSR count). The second-order valence-corrected chi connectivity index (χ2v) is 7.46. The second kappa shape index (κ2) is 8.83. The van der Waals surface area contributed by atoms with E-state index in [-0.39, 0.29) is 19.0 Å². The smallest absolute Gasteiger partial charge is 0.317 e. The largest absolute Gasteiger partial charge is 0.350 e. The summed E-state index contributed by atoms with van der Waals surface area (Å²) in [5.41, 5.74) is 2.81. The lowest BCUT2D eigenvalue weighted by molar-refractivity contribution is -0.121. The number of carbonyl (C=O) groups excluding carboxylic acids is 1. The van der Waals surface area contributed by atoms with E-state index in [4.69, 9.17) is 0 Å². The van der Waals surface area contributed by atoms with Crippen LogP contribution >= 0.6 is 0 Å². The number of rotatable bonds is 6. The summed E-state index contributed by atoms with van der Waals surface area (Å²) in [6, 6.07) is 24.4. The maximum absolute atomic E-state index is 12.9. The van der Waals surface area contributed by atoms with Gasteiger partial charge in [-0.1, -0.05) is 66.7 Å². The van der Waals surface area contributed by atoms with Gasteiger partial charge in [0.25, 0.3) is 0 Å². The molecule has 0 atom stereocenters. The number of benzene rings is 3. The minimum absolute atomic E-state index is 0.216. The fourth-order valence-corrected chi connectivity index (χ4v) is 3.65. The van der Waals surface area contributed by atoms with E-state index in [1.807, 2.05) is 67.6 Å². The molecular formula is C25H23N3O3. The zero-order valence-corrected chi connectivity index (χ0v) is 17.2. The Kier molecular flexibility index (Phi) is 5.80. The summed E-state index contributed by atoms with van der Waals surface area (Å²) >= 11 is 0. The average Bonchev–Trinajstić information content (AvgIpc) is 2.80. The summed E-state index contributed by atoms with van der Waals surface area (Å²) in [6.07, 6.45) is 0. The van der Waals surface area contributed by atoms with Gasteiger partial charge in [0.2, 0.25) is 5.91 Å². The van der Waals surface area contributed by atoms with Gasteiger partial charge in [-0.2, -0.15) is 0 Å². The van der Waals surface area contributed by atoms with Gasteiger partial charge in [-0.25, -0.2) is 0 Å². The Bertz CT molecular complexity index is 1350. The number of aromatic nitrogens is 2. The molecule has 6 heteroatoms. The quantitative estimate of drug-likeness (QED) is 0.494. The molecule has 0 aliphatic carbocycles. The van der Waals surface area contributed by atoms with E-state index < -0.39 is 11.1 Å². The van der Waals surface area contributed by atoms with Gasteiger partial charge in [0.15, 0.2) is 0 Å². The van der Waals surface area contributed by atoms with Crippen LogP contribution in [0.3, 0.4) is 0 Å². The average molecular weight is 413 g/mol. The first-order chi connectivity index (χ1) is 15.0. The molecule has 0 radical (unpaired) electrons. The summed E-state index contributed by atoms with van der Waals surface area (Å²) in [5.74, 6) is -0.323. The fourth-order valence-electron chi connectivity index (χ4n) is 3.65. The van der Waals surface area contributed by atoms with Gasteiger partial charge in [-0.3, -0.25) is 23.5 Å². The standard InChI is InChI=1S/C25H23N3O3/c1-18-9-5-6-12-20(18)15-26-23(29)17-28-22-14-8-7-13-21(22)27(24(30)25(28)31)16-19-10-3-2-4-11-19/h2-14H,15-17H2,1H3,(H,26,29). The number of para-hydroxylation sites is 2. The molecule has 0 saturated heterocycles. The maximum atomic E-state index is 12.9. The molecule has 3 aromatic carbocycles. The maximum Gasteiger partial charge on any atom is 0.317 e. The molecule has 0 saturated carbocycles. The summed E-state index contributed by atoms with van der Waals surface area (Å²) in [6.45, 7) is 2.41. The van der Waals surface area contributed by atoms with Crippen LogP contribution in [0.5, 0.6) is 0 Å². The molecule has 0 fully saturated rings. The molecule has 0 spiro atoms. The zero-order valence-electron chi connectivity index (χ0n) is 17.2. The van der Waals surface area contributed by atoms with Crippen molar-refractivity contribution in [3.05, 3.63) is 116 Å². The normalized spacial score (nSPS) is 10.9. The number of fused-ring (bicyclic) bond motifs is 1. The lowest BCUT2D eigenvalue weighted by Crippen LogP contribution is -2.44. The molecule has 1 heterocycles. The van der Waals surface area contributed by atoms with Gasteiger partial charge in [-0.15, -0.1) is 0 Å². The third-order valence-corrected chi connectivity index (χ3v) is 5.36. The number of amides is 1. The van der Waals surface area contributed by atoms with Gasteiger partial charge in [0, 0.05) is 6.54 Å². The van der Waals surface area contributed by atoms with E-state index in [2.05, 4.69) is 5.32 Å². The van der Waals surface area contributed by atoms with Crippen molar-refractivity contribution in [2.24, 2.45) is 0 Å². The van der Waals surface area contributed by atoms with Crippen LogP contribution in [-0.2, 0) is 24.4 Å². The molecule has 0 unspecified atom stereocenters. The van der Waals surface area contributed by atoms with Crippen molar-refractivity contribution < 1.29 is 4.79 Å². The van der Waals surface area contributed by atoms with Crippen molar-refractivity contribution >= 4 is 16.9 Å². The van der Waals surface area contributed by atoms with Crippen molar-refractivity contribution in [1.29, 1.82) is 0 Å². The van der Waals surface area contributed by atoms with Crippen molar-refractivity contribution in [1.82, 2.24) is 14.5 Å². The highest BCUT2D eigenvalue weighted by atomic mass is 16.2. The van der Waals surface area contributed by atoms with E-state index in [1.165, 1.54) is 9.13 Å². The number of hydrogen-bond acceptors (Lipinski definition) is 3. The van der Waals surface area contributed by atoms with Gasteiger partial charge < -0.3 is 5.32 Å². The Morgan fingerprint density at radius 1 is 0.774 bits per heavy atom. The van der Waals surface area contributed by atoms with Crippen LogP contribution in [0, 0.1) is 6.92 Å². The summed E-state index contributed by atoms with van der Waals surface area (Å²) in [4.78, 5) is 38.4. The highest BCUT2D eigenvalue weighted by molar-refractivity contribution is 5.80. The lowest BCUT2D eigenvalue weighted by atomic mass is 10.1. The Morgan fingerprint density at radius 2 is 1.35 bits per heavy atom. The monoisotopic (exact) mass is 413 g/mol. The first-order valence-corrected chi connectivity index (χ1v) is 10.1. The molecule has 0 aliphatic rings. The highest BCUT2D eigenvalue weighted by Gasteiger charge is 2.15. The SMILES string of the molecule is Cc1ccccc1CNC(=O)Cn1c(=O)c(=O)n(Cc2ccccc2)c2ccccc21. The lowest BCUT2D eigenvalue weighted by Gasteiger charge is -2.15. The van der Waals surface area contributed by atoms with Crippen molar-refractivity contribution in [3.63, 3.8) is 0 Å². The Balaban J connectivity index is 1.66. The molecule has 0 bridgehead atoms. The molecule has 0 aliphatic heterocycles. The van der Waals surface area contributed by atoms with Crippen LogP contribution < -0.4 is 16.4 Å². The predicted octanol–water partition coefficient (Wildman–Crippen LogP) is 2.84. The molecule has 6 nitrogen and oxygen atoms in total. The first-order valence-electron chi connectivity index (χ1n) is 10.1. The van der Waals surface area contributed by atoms with Crippen LogP contribution in [0.15, 0.2) is 88.5 Å². The van der Waals surface area contributed by atoms with Crippen molar-refractivity contribution in [2.45, 2.75) is 26.6 Å². The predicted molar refractivity (Wildman–Crippen MR) is 121 cm³/mol. The Labute approximate surface area is 179 Å². The minimum atomic E-state index is -0.708. The Hall–Kier alpha value is -3.93. The van der Waals surface area contributed by atoms with Gasteiger partial charge >= 0.3 is 11.1 Å². The molecule has 1 aromatic heterocycles. The third-order valence-electron chi connectivity index (χ3n) is 5.36. The number of hydrogen-bond donors (Lipinski definition) is 1. The van der Waals surface area contributed by atoms with Crippen LogP contribution in [0.25, 0.3) is 11.0 Å². The van der Waals surface area contributed by atoms with Crippen molar-refractivity contribution in [2.75, 3.05) is 0 Å². The van der Waals surface area contributed by atoms with Gasteiger partial charge in [-0.05, 0) is 35.7 Å². The van der Waals surface area contributed by atoms with Gasteiger partial charge in [0.05, 0.1) is 17.6 Å². The van der Waals surface area contributed by atoms with Crippen LogP contribution in [-0.4, -0.2) is 15.0 Å². The summed E-state index contributed by atoms with van der Waals surface area (Å²) in [5, 5.41) is 2.85.